The van der Waals surface area contributed by atoms with Gasteiger partial charge in [0.05, 0.1) is 16.8 Å². The Morgan fingerprint density at radius 1 is 0.321 bits per heavy atom. The lowest BCUT2D eigenvalue weighted by Crippen LogP contribution is -2.26. The maximum atomic E-state index is 5.53. The maximum absolute atomic E-state index is 5.53. The molecule has 1 spiro atoms. The third-order valence-electron chi connectivity index (χ3n) is 12.0. The Hall–Kier alpha value is -6.83. The molecule has 0 saturated carbocycles. The summed E-state index contributed by atoms with van der Waals surface area (Å²) >= 11 is 0. The molecular weight excluding hydrogens is 639 g/mol. The van der Waals surface area contributed by atoms with Crippen LogP contribution >= 0.6 is 0 Å². The van der Waals surface area contributed by atoms with E-state index < -0.39 is 5.41 Å². The van der Waals surface area contributed by atoms with E-state index in [9.17, 15) is 0 Å². The highest BCUT2D eigenvalue weighted by molar-refractivity contribution is 6.21. The number of fused-ring (bicyclic) bond motifs is 14. The van der Waals surface area contributed by atoms with Gasteiger partial charge in [-0.3, -0.25) is 0 Å². The van der Waals surface area contributed by atoms with Crippen LogP contribution in [0, 0.1) is 0 Å². The van der Waals surface area contributed by atoms with Crippen LogP contribution in [0.1, 0.15) is 22.3 Å². The smallest absolute Gasteiger partial charge is 0.0732 e. The van der Waals surface area contributed by atoms with Crippen molar-refractivity contribution in [1.29, 1.82) is 0 Å². The van der Waals surface area contributed by atoms with Gasteiger partial charge in [0.15, 0.2) is 0 Å². The molecule has 0 bridgehead atoms. The summed E-state index contributed by atoms with van der Waals surface area (Å²) in [6.45, 7) is 0. The summed E-state index contributed by atoms with van der Waals surface area (Å²) in [6, 6.07) is 69.4. The van der Waals surface area contributed by atoms with Crippen LogP contribution < -0.4 is 0 Å². The summed E-state index contributed by atoms with van der Waals surface area (Å²) in [5.41, 5.74) is 21.9. The minimum Gasteiger partial charge on any atom is -0.248 e. The average Bonchev–Trinajstić information content (AvgIpc) is 3.84. The second-order valence-corrected chi connectivity index (χ2v) is 14.5. The zero-order chi connectivity index (χ0) is 34.7. The van der Waals surface area contributed by atoms with Crippen molar-refractivity contribution < 1.29 is 0 Å². The number of hydrogen-bond acceptors (Lipinski definition) is 1. The van der Waals surface area contributed by atoms with Crippen LogP contribution in [0.25, 0.3) is 88.9 Å². The van der Waals surface area contributed by atoms with E-state index in [1.807, 2.05) is 0 Å². The molecule has 1 aromatic heterocycles. The summed E-state index contributed by atoms with van der Waals surface area (Å²) in [5, 5.41) is 2.69. The van der Waals surface area contributed by atoms with E-state index in [1.165, 1.54) is 88.7 Å². The predicted molar refractivity (Wildman–Crippen MR) is 219 cm³/mol. The van der Waals surface area contributed by atoms with Crippen molar-refractivity contribution in [2.45, 2.75) is 5.41 Å². The first-order valence-electron chi connectivity index (χ1n) is 18.5. The Labute approximate surface area is 308 Å². The Kier molecular flexibility index (Phi) is 5.77. The van der Waals surface area contributed by atoms with Gasteiger partial charge in [-0.25, -0.2) is 4.98 Å². The molecule has 53 heavy (non-hydrogen) atoms. The summed E-state index contributed by atoms with van der Waals surface area (Å²) in [5.74, 6) is 0. The molecule has 1 unspecified atom stereocenters. The summed E-state index contributed by atoms with van der Waals surface area (Å²) in [6.07, 6.45) is 0. The van der Waals surface area contributed by atoms with Crippen molar-refractivity contribution in [1.82, 2.24) is 4.98 Å². The molecule has 244 valence electrons. The number of pyridine rings is 1. The normalized spacial score (nSPS) is 15.2. The van der Waals surface area contributed by atoms with E-state index >= 15 is 0 Å². The van der Waals surface area contributed by atoms with Crippen molar-refractivity contribution >= 4 is 10.8 Å². The van der Waals surface area contributed by atoms with Crippen LogP contribution in [0.2, 0.25) is 0 Å². The molecule has 1 heterocycles. The van der Waals surface area contributed by atoms with E-state index in [4.69, 9.17) is 4.98 Å². The Bertz CT molecular complexity index is 2930. The number of aromatic nitrogens is 1. The minimum atomic E-state index is -0.538. The first kappa shape index (κ1) is 28.8. The third kappa shape index (κ3) is 3.73. The molecule has 0 amide bonds. The van der Waals surface area contributed by atoms with Crippen molar-refractivity contribution in [2.24, 2.45) is 0 Å². The van der Waals surface area contributed by atoms with Crippen LogP contribution in [-0.2, 0) is 5.41 Å². The van der Waals surface area contributed by atoms with Gasteiger partial charge in [-0.15, -0.1) is 0 Å². The van der Waals surface area contributed by atoms with Gasteiger partial charge in [0.25, 0.3) is 0 Å². The molecule has 0 saturated heterocycles. The molecule has 0 fully saturated rings. The number of nitrogens with zero attached hydrogens (tertiary/aromatic N) is 1. The standard InChI is InChI=1S/C52H31N/c1-3-15-32(16-4-1)34-29-47(33-17-5-2-6-18-33)53-48(30-34)41-25-14-24-39-37-21-9-11-27-44(37)52(51(39)41)45-28-12-10-22-40(45)50-42-26-13-23-38-35-19-7-8-20-36(35)43(49(38)42)31-46(50)52/h1-31H. The summed E-state index contributed by atoms with van der Waals surface area (Å²) in [4.78, 5) is 5.53. The highest BCUT2D eigenvalue weighted by atomic mass is 14.7. The fourth-order valence-electron chi connectivity index (χ4n) is 9.99. The molecule has 12 rings (SSSR count). The SMILES string of the molecule is c1ccc(-c2cc(-c3ccccc3)nc(-c3cccc4c3C3(c5ccccc5-4)c4ccccc4-c4c3cc3c5c(cccc45)-c4ccccc4-3)c2)cc1. The lowest BCUT2D eigenvalue weighted by Gasteiger charge is -2.32. The highest BCUT2D eigenvalue weighted by Gasteiger charge is 2.53. The van der Waals surface area contributed by atoms with Crippen molar-refractivity contribution in [3.05, 3.63) is 210 Å². The quantitative estimate of drug-likeness (QED) is 0.182. The zero-order valence-corrected chi connectivity index (χ0v) is 28.8. The zero-order valence-electron chi connectivity index (χ0n) is 28.8. The van der Waals surface area contributed by atoms with Crippen LogP contribution in [0.4, 0.5) is 0 Å². The fourth-order valence-corrected chi connectivity index (χ4v) is 9.99. The van der Waals surface area contributed by atoms with Gasteiger partial charge in [0, 0.05) is 11.1 Å². The number of hydrogen-bond donors (Lipinski definition) is 0. The van der Waals surface area contributed by atoms with Crippen LogP contribution in [-0.4, -0.2) is 4.98 Å². The Balaban J connectivity index is 1.23. The largest absolute Gasteiger partial charge is 0.248 e. The van der Waals surface area contributed by atoms with Gasteiger partial charge in [0.2, 0.25) is 0 Å². The van der Waals surface area contributed by atoms with Crippen LogP contribution in [0.5, 0.6) is 0 Å². The van der Waals surface area contributed by atoms with Gasteiger partial charge in [0.1, 0.15) is 0 Å². The summed E-state index contributed by atoms with van der Waals surface area (Å²) in [7, 11) is 0. The van der Waals surface area contributed by atoms with Gasteiger partial charge >= 0.3 is 0 Å². The van der Waals surface area contributed by atoms with Crippen LogP contribution in [0.3, 0.4) is 0 Å². The second-order valence-electron chi connectivity index (χ2n) is 14.5. The van der Waals surface area contributed by atoms with E-state index in [0.29, 0.717) is 0 Å². The molecule has 0 radical (unpaired) electrons. The van der Waals surface area contributed by atoms with E-state index in [0.717, 1.165) is 22.5 Å². The lowest BCUT2D eigenvalue weighted by molar-refractivity contribution is 0.796. The molecular formula is C52H31N. The molecule has 3 aliphatic rings. The Morgan fingerprint density at radius 3 is 1.64 bits per heavy atom. The van der Waals surface area contributed by atoms with E-state index in [-0.39, 0.29) is 0 Å². The van der Waals surface area contributed by atoms with Crippen LogP contribution in [0.15, 0.2) is 188 Å². The molecule has 0 N–H and O–H groups in total. The lowest BCUT2D eigenvalue weighted by atomic mass is 9.68. The molecule has 9 aromatic rings. The topological polar surface area (TPSA) is 12.9 Å². The monoisotopic (exact) mass is 669 g/mol. The predicted octanol–water partition coefficient (Wildman–Crippen LogP) is 13.2. The fraction of sp³-hybridized carbons (Fsp3) is 0.0192. The Morgan fingerprint density at radius 2 is 0.868 bits per heavy atom. The molecule has 0 aliphatic heterocycles. The van der Waals surface area contributed by atoms with Gasteiger partial charge < -0.3 is 0 Å². The third-order valence-corrected chi connectivity index (χ3v) is 12.0. The first-order chi connectivity index (χ1) is 26.3. The maximum Gasteiger partial charge on any atom is 0.0732 e. The molecule has 1 nitrogen and oxygen atoms in total. The van der Waals surface area contributed by atoms with Crippen molar-refractivity contribution in [3.8, 4) is 78.1 Å². The molecule has 3 aliphatic carbocycles. The van der Waals surface area contributed by atoms with Gasteiger partial charge in [-0.1, -0.05) is 170 Å². The van der Waals surface area contributed by atoms with E-state index in [2.05, 4.69) is 188 Å². The summed E-state index contributed by atoms with van der Waals surface area (Å²) < 4.78 is 0. The number of benzene rings is 8. The molecule has 1 heteroatoms. The highest BCUT2D eigenvalue weighted by Crippen LogP contribution is 2.67. The van der Waals surface area contributed by atoms with Crippen molar-refractivity contribution in [2.75, 3.05) is 0 Å². The first-order valence-corrected chi connectivity index (χ1v) is 18.5. The van der Waals surface area contributed by atoms with Crippen molar-refractivity contribution in [3.63, 3.8) is 0 Å². The molecule has 8 aromatic carbocycles. The minimum absolute atomic E-state index is 0.538. The second kappa shape index (κ2) is 10.6. The van der Waals surface area contributed by atoms with Gasteiger partial charge in [-0.05, 0) is 107 Å². The van der Waals surface area contributed by atoms with Gasteiger partial charge in [-0.2, -0.15) is 0 Å². The average molecular weight is 670 g/mol. The number of rotatable bonds is 3. The molecule has 1 atom stereocenters. The van der Waals surface area contributed by atoms with E-state index in [1.54, 1.807) is 0 Å².